The van der Waals surface area contributed by atoms with E-state index in [1.54, 1.807) is 7.11 Å². The average molecular weight is 206 g/mol. The number of aliphatic hydroxyl groups excluding tert-OH is 1. The van der Waals surface area contributed by atoms with Gasteiger partial charge in [0.2, 0.25) is 0 Å². The van der Waals surface area contributed by atoms with Crippen molar-refractivity contribution in [2.75, 3.05) is 25.2 Å². The van der Waals surface area contributed by atoms with Crippen LogP contribution in [0.3, 0.4) is 0 Å². The summed E-state index contributed by atoms with van der Waals surface area (Å²) in [4.78, 5) is 0. The molecule has 0 saturated heterocycles. The van der Waals surface area contributed by atoms with E-state index in [4.69, 9.17) is 4.74 Å². The molecule has 0 bridgehead atoms. The maximum Gasteiger partial charge on any atom is 0.0574 e. The van der Waals surface area contributed by atoms with Crippen LogP contribution in [0.5, 0.6) is 0 Å². The van der Waals surface area contributed by atoms with Gasteiger partial charge in [-0.3, -0.25) is 0 Å². The summed E-state index contributed by atoms with van der Waals surface area (Å²) < 4.78 is 4.97. The summed E-state index contributed by atoms with van der Waals surface area (Å²) in [6.07, 6.45) is 1.70. The third kappa shape index (κ3) is 7.35. The van der Waals surface area contributed by atoms with Crippen molar-refractivity contribution in [3.8, 4) is 0 Å². The number of hydrogen-bond donors (Lipinski definition) is 1. The summed E-state index contributed by atoms with van der Waals surface area (Å²) in [5, 5.41) is 9.70. The number of ether oxygens (including phenoxy) is 1. The number of aliphatic hydroxyl groups is 1. The molecule has 1 N–H and O–H groups in total. The van der Waals surface area contributed by atoms with E-state index in [1.807, 2.05) is 11.8 Å². The first-order valence-corrected chi connectivity index (χ1v) is 6.12. The first kappa shape index (κ1) is 13.3. The summed E-state index contributed by atoms with van der Waals surface area (Å²) >= 11 is 1.89. The lowest BCUT2D eigenvalue weighted by atomic mass is 10.00. The number of hydrogen-bond acceptors (Lipinski definition) is 3. The van der Waals surface area contributed by atoms with E-state index in [0.717, 1.165) is 31.0 Å². The Labute approximate surface area is 86.1 Å². The molecule has 2 atom stereocenters. The second kappa shape index (κ2) is 8.85. The van der Waals surface area contributed by atoms with Crippen LogP contribution in [0.4, 0.5) is 0 Å². The van der Waals surface area contributed by atoms with Crippen molar-refractivity contribution in [3.05, 3.63) is 0 Å². The maximum absolute atomic E-state index is 9.70. The smallest absolute Gasteiger partial charge is 0.0574 e. The normalized spacial score (nSPS) is 15.7. The van der Waals surface area contributed by atoms with Gasteiger partial charge in [0.05, 0.1) is 6.10 Å². The van der Waals surface area contributed by atoms with Crippen LogP contribution in [0.2, 0.25) is 0 Å². The molecule has 0 fully saturated rings. The second-order valence-electron chi connectivity index (χ2n) is 3.31. The Morgan fingerprint density at radius 1 is 1.38 bits per heavy atom. The van der Waals surface area contributed by atoms with Crippen LogP contribution in [-0.2, 0) is 4.74 Å². The van der Waals surface area contributed by atoms with Gasteiger partial charge in [-0.15, -0.1) is 0 Å². The van der Waals surface area contributed by atoms with Gasteiger partial charge in [-0.1, -0.05) is 13.8 Å². The van der Waals surface area contributed by atoms with Crippen molar-refractivity contribution >= 4 is 11.8 Å². The van der Waals surface area contributed by atoms with Crippen molar-refractivity contribution in [3.63, 3.8) is 0 Å². The monoisotopic (exact) mass is 206 g/mol. The van der Waals surface area contributed by atoms with Gasteiger partial charge in [-0.2, -0.15) is 11.8 Å². The number of thioether (sulfide) groups is 1. The van der Waals surface area contributed by atoms with Crippen LogP contribution in [-0.4, -0.2) is 36.4 Å². The third-order valence-corrected chi connectivity index (χ3v) is 3.13. The van der Waals surface area contributed by atoms with Crippen molar-refractivity contribution in [1.29, 1.82) is 0 Å². The fraction of sp³-hybridized carbons (Fsp3) is 1.00. The van der Waals surface area contributed by atoms with Gasteiger partial charge in [0, 0.05) is 13.7 Å². The molecule has 13 heavy (non-hydrogen) atoms. The lowest BCUT2D eigenvalue weighted by molar-refractivity contribution is 0.0866. The molecule has 0 radical (unpaired) electrons. The van der Waals surface area contributed by atoms with Gasteiger partial charge in [0.25, 0.3) is 0 Å². The molecule has 80 valence electrons. The summed E-state index contributed by atoms with van der Waals surface area (Å²) in [6.45, 7) is 4.98. The van der Waals surface area contributed by atoms with Crippen LogP contribution in [0.25, 0.3) is 0 Å². The molecule has 0 aliphatic heterocycles. The molecule has 0 saturated carbocycles. The molecule has 0 amide bonds. The Balaban J connectivity index is 3.38. The molecule has 2 nitrogen and oxygen atoms in total. The molecule has 2 unspecified atom stereocenters. The summed E-state index contributed by atoms with van der Waals surface area (Å²) in [5.41, 5.74) is 0. The van der Waals surface area contributed by atoms with Gasteiger partial charge in [0.15, 0.2) is 0 Å². The van der Waals surface area contributed by atoms with Gasteiger partial charge >= 0.3 is 0 Å². The van der Waals surface area contributed by atoms with Gasteiger partial charge in [-0.05, 0) is 30.3 Å². The Hall–Kier alpha value is 0.270. The van der Waals surface area contributed by atoms with Crippen LogP contribution < -0.4 is 0 Å². The van der Waals surface area contributed by atoms with Crippen molar-refractivity contribution in [1.82, 2.24) is 0 Å². The zero-order valence-corrected chi connectivity index (χ0v) is 9.77. The molecule has 0 aromatic carbocycles. The molecule has 0 heterocycles. The highest BCUT2D eigenvalue weighted by atomic mass is 32.2. The molecule has 0 aromatic rings. The number of rotatable bonds is 8. The van der Waals surface area contributed by atoms with Crippen LogP contribution >= 0.6 is 11.8 Å². The minimum absolute atomic E-state index is 0.158. The van der Waals surface area contributed by atoms with E-state index in [2.05, 4.69) is 13.8 Å². The Morgan fingerprint density at radius 3 is 2.62 bits per heavy atom. The molecular weight excluding hydrogens is 184 g/mol. The molecule has 0 aliphatic carbocycles. The maximum atomic E-state index is 9.70. The molecule has 0 rings (SSSR count). The molecule has 0 aromatic heterocycles. The van der Waals surface area contributed by atoms with Gasteiger partial charge in [-0.25, -0.2) is 0 Å². The minimum Gasteiger partial charge on any atom is -0.393 e. The van der Waals surface area contributed by atoms with Crippen molar-refractivity contribution in [2.45, 2.75) is 32.8 Å². The van der Waals surface area contributed by atoms with E-state index in [1.165, 1.54) is 0 Å². The van der Waals surface area contributed by atoms with E-state index < -0.39 is 0 Å². The fourth-order valence-corrected chi connectivity index (χ4v) is 1.83. The lowest BCUT2D eigenvalue weighted by Gasteiger charge is -2.17. The SMILES string of the molecule is CCSCCC(O)C(C)CCOC. The van der Waals surface area contributed by atoms with Crippen LogP contribution in [0.1, 0.15) is 26.7 Å². The first-order valence-electron chi connectivity index (χ1n) is 4.97. The highest BCUT2D eigenvalue weighted by Crippen LogP contribution is 2.14. The third-order valence-electron chi connectivity index (χ3n) is 2.20. The fourth-order valence-electron chi connectivity index (χ4n) is 1.13. The minimum atomic E-state index is -0.158. The van der Waals surface area contributed by atoms with Gasteiger partial charge < -0.3 is 9.84 Å². The zero-order chi connectivity index (χ0) is 10.1. The largest absolute Gasteiger partial charge is 0.393 e. The van der Waals surface area contributed by atoms with Crippen molar-refractivity contribution in [2.24, 2.45) is 5.92 Å². The molecule has 0 spiro atoms. The van der Waals surface area contributed by atoms with Crippen molar-refractivity contribution < 1.29 is 9.84 Å². The Morgan fingerprint density at radius 2 is 2.08 bits per heavy atom. The predicted molar refractivity (Wildman–Crippen MR) is 59.3 cm³/mol. The highest BCUT2D eigenvalue weighted by molar-refractivity contribution is 7.99. The second-order valence-corrected chi connectivity index (χ2v) is 4.71. The highest BCUT2D eigenvalue weighted by Gasteiger charge is 2.12. The zero-order valence-electron chi connectivity index (χ0n) is 8.95. The quantitative estimate of drug-likeness (QED) is 0.617. The Kier molecular flexibility index (Phi) is 9.03. The lowest BCUT2D eigenvalue weighted by Crippen LogP contribution is -2.19. The van der Waals surface area contributed by atoms with E-state index >= 15 is 0 Å². The summed E-state index contributed by atoms with van der Waals surface area (Å²) in [6, 6.07) is 0. The van der Waals surface area contributed by atoms with E-state index in [0.29, 0.717) is 5.92 Å². The predicted octanol–water partition coefficient (Wildman–Crippen LogP) is 2.16. The molecular formula is C10H22O2S. The summed E-state index contributed by atoms with van der Waals surface area (Å²) in [5.74, 6) is 2.56. The number of methoxy groups -OCH3 is 1. The van der Waals surface area contributed by atoms with Crippen LogP contribution in [0, 0.1) is 5.92 Å². The molecule has 0 aliphatic rings. The Bertz CT molecular complexity index is 109. The van der Waals surface area contributed by atoms with E-state index in [-0.39, 0.29) is 6.10 Å². The topological polar surface area (TPSA) is 29.5 Å². The van der Waals surface area contributed by atoms with Gasteiger partial charge in [0.1, 0.15) is 0 Å². The average Bonchev–Trinajstić information content (AvgIpc) is 2.14. The van der Waals surface area contributed by atoms with Crippen LogP contribution in [0.15, 0.2) is 0 Å². The molecule has 3 heteroatoms. The standard InChI is InChI=1S/C10H22O2S/c1-4-13-8-6-10(11)9(2)5-7-12-3/h9-11H,4-8H2,1-3H3. The first-order chi connectivity index (χ1) is 6.22. The summed E-state index contributed by atoms with van der Waals surface area (Å²) in [7, 11) is 1.70. The van der Waals surface area contributed by atoms with E-state index in [9.17, 15) is 5.11 Å².